The summed E-state index contributed by atoms with van der Waals surface area (Å²) in [5.74, 6) is 0.447. The van der Waals surface area contributed by atoms with Crippen molar-refractivity contribution in [2.45, 2.75) is 31.7 Å². The van der Waals surface area contributed by atoms with Crippen molar-refractivity contribution in [1.82, 2.24) is 15.6 Å². The third-order valence-electron chi connectivity index (χ3n) is 4.68. The fourth-order valence-corrected chi connectivity index (χ4v) is 3.29. The van der Waals surface area contributed by atoms with Gasteiger partial charge in [-0.05, 0) is 43.6 Å². The molecule has 1 aromatic carbocycles. The molecule has 7 heteroatoms. The first-order chi connectivity index (χ1) is 12.2. The standard InChI is InChI=1S/C18H24N4O3/c1-25-14-6-4-5-13(11-14)16(22-9-2-3-10-22)12-19-18(24)15-7-8-17(23)21-20-15/h4-6,11,16H,2-3,7-10,12H2,1H3,(H,19,24)(H,21,23). The number of hydrogen-bond donors (Lipinski definition) is 2. The normalized spacial score (nSPS) is 19.1. The van der Waals surface area contributed by atoms with E-state index in [4.69, 9.17) is 4.74 Å². The SMILES string of the molecule is COc1cccc(C(CNC(=O)C2=NNC(=O)CC2)N2CCCC2)c1. The second kappa shape index (κ2) is 8.11. The average Bonchev–Trinajstić information content (AvgIpc) is 3.17. The molecule has 1 atom stereocenters. The lowest BCUT2D eigenvalue weighted by molar-refractivity contribution is -0.121. The van der Waals surface area contributed by atoms with Crippen LogP contribution in [0.4, 0.5) is 0 Å². The van der Waals surface area contributed by atoms with Gasteiger partial charge < -0.3 is 10.1 Å². The Kier molecular flexibility index (Phi) is 5.65. The smallest absolute Gasteiger partial charge is 0.267 e. The Morgan fingerprint density at radius 3 is 2.84 bits per heavy atom. The maximum absolute atomic E-state index is 12.3. The van der Waals surface area contributed by atoms with Crippen LogP contribution in [-0.4, -0.2) is 49.2 Å². The maximum Gasteiger partial charge on any atom is 0.267 e. The molecule has 0 aromatic heterocycles. The van der Waals surface area contributed by atoms with Crippen LogP contribution in [0, 0.1) is 0 Å². The summed E-state index contributed by atoms with van der Waals surface area (Å²) in [5, 5.41) is 6.83. The van der Waals surface area contributed by atoms with E-state index in [2.05, 4.69) is 26.8 Å². The third kappa shape index (κ3) is 4.36. The predicted molar refractivity (Wildman–Crippen MR) is 94.4 cm³/mol. The van der Waals surface area contributed by atoms with Crippen LogP contribution in [-0.2, 0) is 9.59 Å². The third-order valence-corrected chi connectivity index (χ3v) is 4.68. The van der Waals surface area contributed by atoms with Crippen molar-refractivity contribution in [3.05, 3.63) is 29.8 Å². The highest BCUT2D eigenvalue weighted by Crippen LogP contribution is 2.27. The van der Waals surface area contributed by atoms with Gasteiger partial charge in [-0.25, -0.2) is 5.43 Å². The number of hydrogen-bond acceptors (Lipinski definition) is 5. The predicted octanol–water partition coefficient (Wildman–Crippen LogP) is 1.21. The summed E-state index contributed by atoms with van der Waals surface area (Å²) in [6.45, 7) is 2.54. The van der Waals surface area contributed by atoms with Gasteiger partial charge >= 0.3 is 0 Å². The van der Waals surface area contributed by atoms with Crippen LogP contribution >= 0.6 is 0 Å². The topological polar surface area (TPSA) is 83.0 Å². The molecular weight excluding hydrogens is 320 g/mol. The Hall–Kier alpha value is -2.41. The molecule has 1 fully saturated rings. The molecule has 1 unspecified atom stereocenters. The first-order valence-electron chi connectivity index (χ1n) is 8.69. The van der Waals surface area contributed by atoms with Crippen molar-refractivity contribution in [1.29, 1.82) is 0 Å². The minimum atomic E-state index is -0.216. The molecule has 0 radical (unpaired) electrons. The van der Waals surface area contributed by atoms with E-state index in [-0.39, 0.29) is 17.9 Å². The molecule has 1 aromatic rings. The summed E-state index contributed by atoms with van der Waals surface area (Å²) in [6.07, 6.45) is 3.03. The van der Waals surface area contributed by atoms with E-state index in [1.165, 1.54) is 12.8 Å². The van der Waals surface area contributed by atoms with Gasteiger partial charge in [-0.15, -0.1) is 0 Å². The molecular formula is C18H24N4O3. The zero-order valence-corrected chi connectivity index (χ0v) is 14.5. The summed E-state index contributed by atoms with van der Waals surface area (Å²) >= 11 is 0. The van der Waals surface area contributed by atoms with Gasteiger partial charge in [0.2, 0.25) is 5.91 Å². The number of nitrogens with one attached hydrogen (secondary N) is 2. The fourth-order valence-electron chi connectivity index (χ4n) is 3.29. The van der Waals surface area contributed by atoms with Crippen LogP contribution in [0.1, 0.15) is 37.3 Å². The van der Waals surface area contributed by atoms with Crippen molar-refractivity contribution in [3.8, 4) is 5.75 Å². The average molecular weight is 344 g/mol. The minimum Gasteiger partial charge on any atom is -0.497 e. The Balaban J connectivity index is 1.69. The van der Waals surface area contributed by atoms with E-state index in [1.807, 2.05) is 18.2 Å². The number of rotatable bonds is 6. The lowest BCUT2D eigenvalue weighted by atomic mass is 10.0. The van der Waals surface area contributed by atoms with Gasteiger partial charge in [0.1, 0.15) is 11.5 Å². The molecule has 25 heavy (non-hydrogen) atoms. The maximum atomic E-state index is 12.3. The van der Waals surface area contributed by atoms with Gasteiger partial charge in [0.15, 0.2) is 0 Å². The monoisotopic (exact) mass is 344 g/mol. The van der Waals surface area contributed by atoms with Crippen LogP contribution in [0.25, 0.3) is 0 Å². The number of ether oxygens (including phenoxy) is 1. The van der Waals surface area contributed by atoms with E-state index in [0.29, 0.717) is 25.1 Å². The zero-order chi connectivity index (χ0) is 17.6. The zero-order valence-electron chi connectivity index (χ0n) is 14.5. The minimum absolute atomic E-state index is 0.0975. The summed E-state index contributed by atoms with van der Waals surface area (Å²) in [4.78, 5) is 25.9. The summed E-state index contributed by atoms with van der Waals surface area (Å²) in [5.41, 5.74) is 3.87. The van der Waals surface area contributed by atoms with E-state index < -0.39 is 0 Å². The molecule has 0 aliphatic carbocycles. The van der Waals surface area contributed by atoms with Crippen LogP contribution in [0.15, 0.2) is 29.4 Å². The number of methoxy groups -OCH3 is 1. The molecule has 3 rings (SSSR count). The fraction of sp³-hybridized carbons (Fsp3) is 0.500. The lowest BCUT2D eigenvalue weighted by Crippen LogP contribution is -2.41. The Morgan fingerprint density at radius 1 is 1.36 bits per heavy atom. The van der Waals surface area contributed by atoms with Gasteiger partial charge in [0.25, 0.3) is 5.91 Å². The molecule has 2 aliphatic heterocycles. The van der Waals surface area contributed by atoms with E-state index in [1.54, 1.807) is 7.11 Å². The summed E-state index contributed by atoms with van der Waals surface area (Å²) < 4.78 is 5.33. The molecule has 2 aliphatic rings. The van der Waals surface area contributed by atoms with Crippen molar-refractivity contribution in [2.75, 3.05) is 26.7 Å². The Labute approximate surface area is 147 Å². The van der Waals surface area contributed by atoms with Crippen molar-refractivity contribution in [2.24, 2.45) is 5.10 Å². The van der Waals surface area contributed by atoms with E-state index in [9.17, 15) is 9.59 Å². The first kappa shape index (κ1) is 17.4. The van der Waals surface area contributed by atoms with Crippen molar-refractivity contribution >= 4 is 17.5 Å². The Bertz CT molecular complexity index is 668. The highest BCUT2D eigenvalue weighted by atomic mass is 16.5. The molecule has 0 spiro atoms. The van der Waals surface area contributed by atoms with Crippen LogP contribution in [0.3, 0.4) is 0 Å². The van der Waals surface area contributed by atoms with Gasteiger partial charge in [-0.3, -0.25) is 14.5 Å². The molecule has 7 nitrogen and oxygen atoms in total. The van der Waals surface area contributed by atoms with Crippen molar-refractivity contribution < 1.29 is 14.3 Å². The largest absolute Gasteiger partial charge is 0.497 e. The number of nitrogens with zero attached hydrogens (tertiary/aromatic N) is 2. The van der Waals surface area contributed by atoms with Crippen molar-refractivity contribution in [3.63, 3.8) is 0 Å². The Morgan fingerprint density at radius 2 is 2.16 bits per heavy atom. The number of carbonyl (C=O) groups is 2. The van der Waals surface area contributed by atoms with E-state index >= 15 is 0 Å². The van der Waals surface area contributed by atoms with Gasteiger partial charge in [0, 0.05) is 19.4 Å². The number of amides is 2. The lowest BCUT2D eigenvalue weighted by Gasteiger charge is -2.28. The van der Waals surface area contributed by atoms with Crippen LogP contribution in [0.5, 0.6) is 5.75 Å². The molecule has 2 amide bonds. The molecule has 0 saturated carbocycles. The number of hydrazone groups is 1. The number of carbonyl (C=O) groups excluding carboxylic acids is 2. The number of likely N-dealkylation sites (tertiary alicyclic amines) is 1. The second-order valence-corrected chi connectivity index (χ2v) is 6.34. The first-order valence-corrected chi connectivity index (χ1v) is 8.69. The molecule has 1 saturated heterocycles. The molecule has 2 heterocycles. The molecule has 2 N–H and O–H groups in total. The summed E-state index contributed by atoms with van der Waals surface area (Å²) in [7, 11) is 1.65. The highest BCUT2D eigenvalue weighted by molar-refractivity contribution is 6.39. The van der Waals surface area contributed by atoms with Gasteiger partial charge in [-0.1, -0.05) is 12.1 Å². The van der Waals surface area contributed by atoms with E-state index in [0.717, 1.165) is 24.4 Å². The van der Waals surface area contributed by atoms with Crippen LogP contribution < -0.4 is 15.5 Å². The van der Waals surface area contributed by atoms with Crippen LogP contribution in [0.2, 0.25) is 0 Å². The second-order valence-electron chi connectivity index (χ2n) is 6.34. The molecule has 134 valence electrons. The quantitative estimate of drug-likeness (QED) is 0.813. The highest BCUT2D eigenvalue weighted by Gasteiger charge is 2.25. The van der Waals surface area contributed by atoms with Gasteiger partial charge in [-0.2, -0.15) is 5.10 Å². The van der Waals surface area contributed by atoms with Gasteiger partial charge in [0.05, 0.1) is 13.2 Å². The molecule has 0 bridgehead atoms. The summed E-state index contributed by atoms with van der Waals surface area (Å²) in [6, 6.07) is 8.08. The number of benzene rings is 1.